The molecule has 0 saturated carbocycles. The fourth-order valence-electron chi connectivity index (χ4n) is 12.1. The van der Waals surface area contributed by atoms with Crippen molar-refractivity contribution >= 4 is 75.9 Å². The van der Waals surface area contributed by atoms with Crippen molar-refractivity contribution in [3.05, 3.63) is 249 Å². The largest absolute Gasteiger partial charge is 2.00 e. The first-order chi connectivity index (χ1) is 46.6. The maximum Gasteiger partial charge on any atom is 2.00 e. The molecule has 20 nitrogen and oxygen atoms in total. The molecule has 0 amide bonds. The van der Waals surface area contributed by atoms with Crippen LogP contribution >= 0.6 is 0 Å². The molecule has 12 heterocycles. The van der Waals surface area contributed by atoms with E-state index in [1.54, 1.807) is 32.0 Å². The molecule has 0 aliphatic carbocycles. The average molecular weight is 1420 g/mol. The van der Waals surface area contributed by atoms with E-state index in [2.05, 4.69) is 92.4 Å². The Kier molecular flexibility index (Phi) is 28.8. The van der Waals surface area contributed by atoms with E-state index < -0.39 is 18.2 Å². The van der Waals surface area contributed by atoms with Gasteiger partial charge in [-0.2, -0.15) is 4.39 Å². The van der Waals surface area contributed by atoms with Crippen LogP contribution in [0.15, 0.2) is 166 Å². The summed E-state index contributed by atoms with van der Waals surface area (Å²) in [5.74, 6) is 2.36. The van der Waals surface area contributed by atoms with Crippen molar-refractivity contribution in [1.82, 2.24) is 25.3 Å². The number of benzene rings is 4. The van der Waals surface area contributed by atoms with E-state index in [0.717, 1.165) is 219 Å². The molecule has 4 aromatic carbocycles. The van der Waals surface area contributed by atoms with Crippen LogP contribution in [0.1, 0.15) is 132 Å². The third kappa shape index (κ3) is 19.2. The quantitative estimate of drug-likeness (QED) is 0.0548. The number of fused-ring (bicyclic) bond motifs is 4. The molecular weight excluding hydrogens is 1330 g/mol. The Hall–Kier alpha value is -8.20. The van der Waals surface area contributed by atoms with Crippen molar-refractivity contribution in [2.24, 2.45) is 20.0 Å². The van der Waals surface area contributed by atoms with Crippen molar-refractivity contribution in [3.63, 3.8) is 0 Å². The van der Waals surface area contributed by atoms with Gasteiger partial charge < -0.3 is 73.6 Å². The first kappa shape index (κ1) is 76.5. The SMILES string of the molecule is C.C1COCCN1.CC(O)c1ccc2c(c1)C(c1ccnc(N3CCOCC3)c1)=NC2.CC(O)c1ccc2c(c1)C(c1ccnc(N3CCOCC3)c1)=NC2.O=Cc1ccc2c(c1)C(c1ccnc(F)c1)=NC2.O=Cc1ccc2c(c1)C(c1ccnc(N3CCOCC3)c1)=NC2.[Br-].[CH3-].[Mg+2]. The topological polar surface area (TPSA) is 234 Å². The number of aliphatic imine (C=N–C) groups is 4. The number of aldehydes is 2. The first-order valence-corrected chi connectivity index (χ1v) is 32.3. The predicted octanol–water partition coefficient (Wildman–Crippen LogP) is 6.43. The Labute approximate surface area is 605 Å². The summed E-state index contributed by atoms with van der Waals surface area (Å²) in [6.07, 6.45) is 7.65. The van der Waals surface area contributed by atoms with Crippen molar-refractivity contribution in [2.45, 2.75) is 59.7 Å². The van der Waals surface area contributed by atoms with Crippen LogP contribution in [0.2, 0.25) is 0 Å². The monoisotopic (exact) mass is 1410 g/mol. The maximum absolute atomic E-state index is 13.1. The van der Waals surface area contributed by atoms with Gasteiger partial charge in [0.1, 0.15) is 30.0 Å². The van der Waals surface area contributed by atoms with Gasteiger partial charge in [0, 0.05) is 139 Å². The fraction of sp³-hybridized carbons (Fsp3) is 0.329. The van der Waals surface area contributed by atoms with Gasteiger partial charge in [-0.1, -0.05) is 56.0 Å². The molecule has 8 aromatic rings. The van der Waals surface area contributed by atoms with Gasteiger partial charge in [0.25, 0.3) is 0 Å². The van der Waals surface area contributed by atoms with Gasteiger partial charge in [-0.15, -0.1) is 0 Å². The molecule has 23 heteroatoms. The number of carbonyl (C=O) groups is 2. The van der Waals surface area contributed by atoms with Crippen molar-refractivity contribution in [2.75, 3.05) is 120 Å². The second-order valence-electron chi connectivity index (χ2n) is 23.6. The van der Waals surface area contributed by atoms with Gasteiger partial charge in [-0.25, -0.2) is 19.9 Å². The predicted molar refractivity (Wildman–Crippen MR) is 384 cm³/mol. The van der Waals surface area contributed by atoms with Gasteiger partial charge in [-0.05, 0) is 114 Å². The summed E-state index contributed by atoms with van der Waals surface area (Å²) in [6, 6.07) is 38.7. The third-order valence-corrected chi connectivity index (χ3v) is 17.3. The number of hydrogen-bond acceptors (Lipinski definition) is 20. The number of pyridine rings is 4. The molecule has 0 spiro atoms. The smallest absolute Gasteiger partial charge is 1.00 e. The van der Waals surface area contributed by atoms with E-state index in [1.807, 2.05) is 73.2 Å². The summed E-state index contributed by atoms with van der Waals surface area (Å²) < 4.78 is 34.4. The Morgan fingerprint density at radius 2 is 0.737 bits per heavy atom. The number of hydrogen-bond donors (Lipinski definition) is 3. The van der Waals surface area contributed by atoms with Crippen molar-refractivity contribution < 1.29 is 60.1 Å². The van der Waals surface area contributed by atoms with E-state index in [0.29, 0.717) is 42.9 Å². The summed E-state index contributed by atoms with van der Waals surface area (Å²) in [6.45, 7) is 19.6. The number of aliphatic hydroxyl groups is 2. The number of aliphatic hydroxyl groups excluding tert-OH is 2. The molecule has 16 rings (SSSR count). The van der Waals surface area contributed by atoms with E-state index in [4.69, 9.17) is 28.9 Å². The van der Waals surface area contributed by atoms with Crippen LogP contribution in [0, 0.1) is 13.4 Å². The minimum Gasteiger partial charge on any atom is -1.00 e. The van der Waals surface area contributed by atoms with Gasteiger partial charge in [0.15, 0.2) is 0 Å². The van der Waals surface area contributed by atoms with Gasteiger partial charge in [-0.3, -0.25) is 29.6 Å². The average Bonchev–Trinajstić information content (AvgIpc) is 1.72. The number of anilines is 3. The van der Waals surface area contributed by atoms with Crippen LogP contribution in [0.25, 0.3) is 0 Å². The van der Waals surface area contributed by atoms with Gasteiger partial charge in [0.2, 0.25) is 5.95 Å². The summed E-state index contributed by atoms with van der Waals surface area (Å²) in [5.41, 5.74) is 19.5. The van der Waals surface area contributed by atoms with Crippen LogP contribution in [0.4, 0.5) is 21.8 Å². The molecule has 2 unspecified atom stereocenters. The molecule has 4 aromatic heterocycles. The third-order valence-electron chi connectivity index (χ3n) is 17.3. The molecular formula is C76H84BrFMgN12O8. The Bertz CT molecular complexity index is 4030. The molecule has 3 N–H and O–H groups in total. The Morgan fingerprint density at radius 3 is 1.03 bits per heavy atom. The van der Waals surface area contributed by atoms with E-state index in [1.165, 1.54) is 23.4 Å². The van der Waals surface area contributed by atoms with E-state index in [9.17, 15) is 24.2 Å². The number of rotatable bonds is 11. The molecule has 0 bridgehead atoms. The number of nitrogens with zero attached hydrogens (tertiary/aromatic N) is 11. The fourth-order valence-corrected chi connectivity index (χ4v) is 12.1. The first-order valence-electron chi connectivity index (χ1n) is 32.3. The van der Waals surface area contributed by atoms with Crippen molar-refractivity contribution in [3.8, 4) is 0 Å². The standard InChI is InChI=1S/2C19H21N3O2.C18H17N3O2.C14H9FN2O.C4H9NO.CH4.CH3.BrH.Mg/c2*1-13(23)14-2-3-16-12-21-19(17(16)10-14)15-4-5-20-18(11-15)22-6-8-24-9-7-22;22-12-13-1-2-15-11-20-18(16(15)9-13)14-3-4-19-17(10-14)21-5-7-23-8-6-21;15-13-6-10(3-4-16-13)14-12-5-9(8-18)1-2-11(12)7-17-14;1-3-6-4-2-5-1;;;;/h2*2-5,10-11,13,23H,6-9,12H2,1H3;1-4,9-10,12H,5-8,11H2;1-6,8H,7H2;5H,1-4H2;1H4;1H3;1H;/q;;;;;;-1;;+2/p-1. The number of nitrogens with one attached hydrogen (secondary N) is 1. The second kappa shape index (κ2) is 37.3. The number of morpholine rings is 4. The maximum atomic E-state index is 13.1. The Balaban J connectivity index is 0.000000162. The zero-order valence-corrected chi connectivity index (χ0v) is 58.5. The summed E-state index contributed by atoms with van der Waals surface area (Å²) in [5, 5.41) is 22.9. The molecule has 8 aliphatic rings. The molecule has 4 fully saturated rings. The van der Waals surface area contributed by atoms with E-state index in [-0.39, 0.29) is 54.9 Å². The van der Waals surface area contributed by atoms with Crippen molar-refractivity contribution in [1.29, 1.82) is 0 Å². The normalized spacial score (nSPS) is 16.6. The molecule has 512 valence electrons. The van der Waals surface area contributed by atoms with Crippen LogP contribution in [-0.2, 0) is 45.1 Å². The van der Waals surface area contributed by atoms with Crippen LogP contribution in [0.5, 0.6) is 0 Å². The molecule has 4 saturated heterocycles. The van der Waals surface area contributed by atoms with Crippen LogP contribution in [-0.4, -0.2) is 194 Å². The molecule has 0 radical (unpaired) electrons. The van der Waals surface area contributed by atoms with Gasteiger partial charge in [0.05, 0.1) is 114 Å². The van der Waals surface area contributed by atoms with Gasteiger partial charge >= 0.3 is 23.1 Å². The molecule has 8 aliphatic heterocycles. The number of ether oxygens (including phenoxy) is 4. The minimum absolute atomic E-state index is 0. The minimum atomic E-state index is -0.532. The molecule has 2 atom stereocenters. The number of aromatic nitrogens is 4. The Morgan fingerprint density at radius 1 is 0.434 bits per heavy atom. The number of carbonyl (C=O) groups excluding carboxylic acids is 2. The summed E-state index contributed by atoms with van der Waals surface area (Å²) in [4.78, 5) is 64.1. The summed E-state index contributed by atoms with van der Waals surface area (Å²) in [7, 11) is 0. The zero-order chi connectivity index (χ0) is 65.5. The summed E-state index contributed by atoms with van der Waals surface area (Å²) >= 11 is 0. The van der Waals surface area contributed by atoms with Crippen LogP contribution < -0.4 is 37.0 Å². The van der Waals surface area contributed by atoms with Crippen LogP contribution in [0.3, 0.4) is 0 Å². The van der Waals surface area contributed by atoms with E-state index >= 15 is 0 Å². The molecule has 99 heavy (non-hydrogen) atoms. The second-order valence-corrected chi connectivity index (χ2v) is 23.6. The number of halogens is 2. The zero-order valence-electron chi connectivity index (χ0n) is 55.5.